The van der Waals surface area contributed by atoms with Crippen molar-refractivity contribution in [2.45, 2.75) is 19.6 Å². The predicted molar refractivity (Wildman–Crippen MR) is 87.0 cm³/mol. The van der Waals surface area contributed by atoms with Crippen LogP contribution in [0.1, 0.15) is 16.7 Å². The van der Waals surface area contributed by atoms with E-state index in [4.69, 9.17) is 14.6 Å². The van der Waals surface area contributed by atoms with Crippen molar-refractivity contribution in [2.75, 3.05) is 7.11 Å². The maximum Gasteiger partial charge on any atom is 0.307 e. The summed E-state index contributed by atoms with van der Waals surface area (Å²) in [6.45, 7) is 0.898. The van der Waals surface area contributed by atoms with Crippen LogP contribution in [-0.2, 0) is 29.2 Å². The van der Waals surface area contributed by atoms with Crippen molar-refractivity contribution in [1.29, 1.82) is 0 Å². The average Bonchev–Trinajstić information content (AvgIpc) is 2.45. The lowest BCUT2D eigenvalue weighted by molar-refractivity contribution is -0.136. The molecule has 0 bridgehead atoms. The van der Waals surface area contributed by atoms with E-state index in [0.717, 1.165) is 15.6 Å². The monoisotopic (exact) mass is 364 g/mol. The number of aliphatic carboxylic acids is 1. The molecular formula is C17H17BrO4. The third-order valence-electron chi connectivity index (χ3n) is 3.04. The number of para-hydroxylation sites is 1. The lowest BCUT2D eigenvalue weighted by Gasteiger charge is -2.11. The molecule has 0 radical (unpaired) electrons. The van der Waals surface area contributed by atoms with Crippen LogP contribution < -0.4 is 4.74 Å². The number of hydrogen-bond donors (Lipinski definition) is 1. The molecular weight excluding hydrogens is 348 g/mol. The number of ether oxygens (including phenoxy) is 2. The molecule has 0 aliphatic heterocycles. The number of benzene rings is 2. The Balaban J connectivity index is 2.11. The van der Waals surface area contributed by atoms with E-state index in [2.05, 4.69) is 15.9 Å². The van der Waals surface area contributed by atoms with Crippen molar-refractivity contribution in [3.8, 4) is 5.75 Å². The third kappa shape index (κ3) is 4.86. The number of methoxy groups -OCH3 is 1. The molecule has 0 fully saturated rings. The molecule has 0 spiro atoms. The minimum atomic E-state index is -0.874. The first-order valence-electron chi connectivity index (χ1n) is 6.78. The first kappa shape index (κ1) is 16.5. The van der Waals surface area contributed by atoms with Gasteiger partial charge in [-0.15, -0.1) is 0 Å². The summed E-state index contributed by atoms with van der Waals surface area (Å²) >= 11 is 3.47. The van der Waals surface area contributed by atoms with Gasteiger partial charge in [0.15, 0.2) is 0 Å². The van der Waals surface area contributed by atoms with Crippen molar-refractivity contribution in [3.63, 3.8) is 0 Å². The Labute approximate surface area is 137 Å². The maximum absolute atomic E-state index is 10.9. The maximum atomic E-state index is 10.9. The molecule has 1 N–H and O–H groups in total. The van der Waals surface area contributed by atoms with E-state index >= 15 is 0 Å². The molecule has 0 aromatic heterocycles. The summed E-state index contributed by atoms with van der Waals surface area (Å²) in [5, 5.41) is 8.93. The van der Waals surface area contributed by atoms with Gasteiger partial charge >= 0.3 is 5.97 Å². The highest BCUT2D eigenvalue weighted by molar-refractivity contribution is 9.10. The number of rotatable bonds is 7. The van der Waals surface area contributed by atoms with Crippen LogP contribution in [0.15, 0.2) is 46.9 Å². The van der Waals surface area contributed by atoms with Gasteiger partial charge in [0.05, 0.1) is 13.0 Å². The van der Waals surface area contributed by atoms with Crippen LogP contribution in [0.3, 0.4) is 0 Å². The van der Waals surface area contributed by atoms with Crippen LogP contribution in [-0.4, -0.2) is 18.2 Å². The highest BCUT2D eigenvalue weighted by atomic mass is 79.9. The zero-order valence-corrected chi connectivity index (χ0v) is 13.8. The van der Waals surface area contributed by atoms with E-state index in [0.29, 0.717) is 24.5 Å². The van der Waals surface area contributed by atoms with Crippen molar-refractivity contribution in [3.05, 3.63) is 63.6 Å². The summed E-state index contributed by atoms with van der Waals surface area (Å²) in [5.41, 5.74) is 2.71. The van der Waals surface area contributed by atoms with Gasteiger partial charge in [-0.3, -0.25) is 4.79 Å². The summed E-state index contributed by atoms with van der Waals surface area (Å²) in [5.74, 6) is -0.279. The van der Waals surface area contributed by atoms with Crippen molar-refractivity contribution in [1.82, 2.24) is 0 Å². The summed E-state index contributed by atoms with van der Waals surface area (Å²) in [7, 11) is 1.65. The van der Waals surface area contributed by atoms with Gasteiger partial charge in [-0.05, 0) is 29.3 Å². The highest BCUT2D eigenvalue weighted by Crippen LogP contribution is 2.22. The smallest absolute Gasteiger partial charge is 0.307 e. The number of carbonyl (C=O) groups is 1. The van der Waals surface area contributed by atoms with Gasteiger partial charge in [-0.25, -0.2) is 0 Å². The van der Waals surface area contributed by atoms with Crippen LogP contribution in [0.2, 0.25) is 0 Å². The SMILES string of the molecule is COCc1cc(Br)cc(COc2ccccc2CC(=O)O)c1. The Morgan fingerprint density at radius 1 is 1.14 bits per heavy atom. The predicted octanol–water partition coefficient (Wildman–Crippen LogP) is 3.80. The fraction of sp³-hybridized carbons (Fsp3) is 0.235. The van der Waals surface area contributed by atoms with Crippen LogP contribution >= 0.6 is 15.9 Å². The standard InChI is InChI=1S/C17H17BrO4/c1-21-10-12-6-13(8-15(18)7-12)11-22-16-5-3-2-4-14(16)9-17(19)20/h2-8H,9-11H2,1H3,(H,19,20). The lowest BCUT2D eigenvalue weighted by Crippen LogP contribution is -2.04. The van der Waals surface area contributed by atoms with Crippen molar-refractivity contribution in [2.24, 2.45) is 0 Å². The van der Waals surface area contributed by atoms with Gasteiger partial charge in [0, 0.05) is 17.1 Å². The second-order valence-electron chi connectivity index (χ2n) is 4.87. The van der Waals surface area contributed by atoms with Gasteiger partial charge in [0.1, 0.15) is 12.4 Å². The van der Waals surface area contributed by atoms with Crippen molar-refractivity contribution < 1.29 is 19.4 Å². The molecule has 0 atom stereocenters. The summed E-state index contributed by atoms with van der Waals surface area (Å²) in [6.07, 6.45) is -0.0520. The lowest BCUT2D eigenvalue weighted by atomic mass is 10.1. The minimum Gasteiger partial charge on any atom is -0.489 e. The fourth-order valence-corrected chi connectivity index (χ4v) is 2.75. The van der Waals surface area contributed by atoms with E-state index in [9.17, 15) is 4.79 Å². The Bertz CT molecular complexity index is 655. The van der Waals surface area contributed by atoms with E-state index in [1.54, 1.807) is 25.3 Å². The summed E-state index contributed by atoms with van der Waals surface area (Å²) in [6, 6.07) is 13.2. The second-order valence-corrected chi connectivity index (χ2v) is 5.78. The molecule has 22 heavy (non-hydrogen) atoms. The topological polar surface area (TPSA) is 55.8 Å². The molecule has 2 rings (SSSR count). The Morgan fingerprint density at radius 2 is 1.82 bits per heavy atom. The van der Waals surface area contributed by atoms with Gasteiger partial charge in [0.25, 0.3) is 0 Å². The van der Waals surface area contributed by atoms with E-state index in [1.165, 1.54) is 0 Å². The molecule has 0 heterocycles. The molecule has 2 aromatic rings. The quantitative estimate of drug-likeness (QED) is 0.811. The fourth-order valence-electron chi connectivity index (χ4n) is 2.17. The summed E-state index contributed by atoms with van der Waals surface area (Å²) < 4.78 is 11.9. The van der Waals surface area contributed by atoms with E-state index in [-0.39, 0.29) is 6.42 Å². The summed E-state index contributed by atoms with van der Waals surface area (Å²) in [4.78, 5) is 10.9. The Hall–Kier alpha value is -1.85. The Morgan fingerprint density at radius 3 is 2.50 bits per heavy atom. The second kappa shape index (κ2) is 7.96. The van der Waals surface area contributed by atoms with Crippen LogP contribution in [0.5, 0.6) is 5.75 Å². The first-order chi connectivity index (χ1) is 10.6. The molecule has 4 nitrogen and oxygen atoms in total. The zero-order chi connectivity index (χ0) is 15.9. The highest BCUT2D eigenvalue weighted by Gasteiger charge is 2.08. The normalized spacial score (nSPS) is 10.5. The number of halogens is 1. The van der Waals surface area contributed by atoms with Gasteiger partial charge in [-0.2, -0.15) is 0 Å². The molecule has 0 saturated heterocycles. The molecule has 0 aliphatic carbocycles. The van der Waals surface area contributed by atoms with Crippen LogP contribution in [0, 0.1) is 0 Å². The van der Waals surface area contributed by atoms with Gasteiger partial charge in [0.2, 0.25) is 0 Å². The van der Waals surface area contributed by atoms with Crippen LogP contribution in [0.4, 0.5) is 0 Å². The van der Waals surface area contributed by atoms with Crippen LogP contribution in [0.25, 0.3) is 0 Å². The minimum absolute atomic E-state index is 0.0520. The molecule has 5 heteroatoms. The van der Waals surface area contributed by atoms with Crippen molar-refractivity contribution >= 4 is 21.9 Å². The largest absolute Gasteiger partial charge is 0.489 e. The molecule has 0 aliphatic rings. The zero-order valence-electron chi connectivity index (χ0n) is 12.2. The van der Waals surface area contributed by atoms with Gasteiger partial charge < -0.3 is 14.6 Å². The number of carboxylic acids is 1. The molecule has 0 amide bonds. The van der Waals surface area contributed by atoms with E-state index in [1.807, 2.05) is 24.3 Å². The molecule has 0 unspecified atom stereocenters. The third-order valence-corrected chi connectivity index (χ3v) is 3.49. The molecule has 0 saturated carbocycles. The van der Waals surface area contributed by atoms with Gasteiger partial charge in [-0.1, -0.05) is 40.2 Å². The first-order valence-corrected chi connectivity index (χ1v) is 7.57. The molecule has 2 aromatic carbocycles. The average molecular weight is 365 g/mol. The van der Waals surface area contributed by atoms with E-state index < -0.39 is 5.97 Å². The number of hydrogen-bond acceptors (Lipinski definition) is 3. The number of carboxylic acid groups (broad SMARTS) is 1. The molecule has 116 valence electrons. The Kier molecular flexibility index (Phi) is 5.98.